The first kappa shape index (κ1) is 22.5. The third-order valence-corrected chi connectivity index (χ3v) is 5.24. The van der Waals surface area contributed by atoms with Gasteiger partial charge < -0.3 is 25.4 Å². The average Bonchev–Trinajstić information content (AvgIpc) is 3.12. The number of nitrogens with two attached hydrogens (primary N) is 1. The van der Waals surface area contributed by atoms with E-state index >= 15 is 0 Å². The van der Waals surface area contributed by atoms with Gasteiger partial charge in [-0.2, -0.15) is 0 Å². The van der Waals surface area contributed by atoms with E-state index in [0.717, 1.165) is 11.8 Å². The van der Waals surface area contributed by atoms with Gasteiger partial charge in [-0.05, 0) is 24.3 Å². The molecule has 0 aliphatic rings. The Labute approximate surface area is 186 Å². The van der Waals surface area contributed by atoms with E-state index in [1.807, 2.05) is 0 Å². The summed E-state index contributed by atoms with van der Waals surface area (Å²) in [5, 5.41) is 11.3. The van der Waals surface area contributed by atoms with E-state index in [9.17, 15) is 9.18 Å². The number of carbonyl (C=O) groups is 1. The summed E-state index contributed by atoms with van der Waals surface area (Å²) in [7, 11) is 2.94. The average molecular weight is 468 g/mol. The number of methoxy groups -OCH3 is 2. The van der Waals surface area contributed by atoms with E-state index in [2.05, 4.69) is 15.5 Å². The van der Waals surface area contributed by atoms with Gasteiger partial charge in [-0.1, -0.05) is 23.4 Å². The maximum absolute atomic E-state index is 12.9. The molecule has 3 rings (SSSR count). The number of nitrogens with one attached hydrogen (secondary N) is 1. The zero-order valence-corrected chi connectivity index (χ0v) is 18.2. The molecule has 9 nitrogen and oxygen atoms in total. The molecule has 0 bridgehead atoms. The van der Waals surface area contributed by atoms with Crippen LogP contribution in [0.4, 0.5) is 10.1 Å². The van der Waals surface area contributed by atoms with Gasteiger partial charge in [0, 0.05) is 12.1 Å². The van der Waals surface area contributed by atoms with E-state index in [4.69, 9.17) is 31.7 Å². The molecule has 2 aromatic carbocycles. The van der Waals surface area contributed by atoms with Crippen molar-refractivity contribution in [2.45, 2.75) is 11.8 Å². The highest BCUT2D eigenvalue weighted by atomic mass is 35.5. The summed E-state index contributed by atoms with van der Waals surface area (Å²) in [4.78, 5) is 12.4. The van der Waals surface area contributed by atoms with Crippen molar-refractivity contribution in [3.63, 3.8) is 0 Å². The molecule has 3 aromatic rings. The maximum Gasteiger partial charge on any atom is 0.234 e. The minimum atomic E-state index is -0.360. The summed E-state index contributed by atoms with van der Waals surface area (Å²) in [6.45, 7) is 0.0314. The van der Waals surface area contributed by atoms with Crippen molar-refractivity contribution >= 4 is 35.0 Å². The number of aromatic nitrogens is 3. The minimum Gasteiger partial charge on any atom is -0.495 e. The van der Waals surface area contributed by atoms with Crippen LogP contribution in [0.3, 0.4) is 0 Å². The number of halogens is 2. The molecule has 0 saturated carbocycles. The second kappa shape index (κ2) is 10.2. The number of hydrogen-bond donors (Lipinski definition) is 2. The normalized spacial score (nSPS) is 10.6. The summed E-state index contributed by atoms with van der Waals surface area (Å²) in [5.41, 5.74) is 0.414. The summed E-state index contributed by atoms with van der Waals surface area (Å²) in [5.74, 6) is 6.92. The van der Waals surface area contributed by atoms with Gasteiger partial charge in [0.2, 0.25) is 11.1 Å². The molecule has 0 aliphatic carbocycles. The van der Waals surface area contributed by atoms with Crippen molar-refractivity contribution in [1.29, 1.82) is 0 Å². The number of ether oxygens (including phenoxy) is 3. The summed E-state index contributed by atoms with van der Waals surface area (Å²) >= 11 is 7.16. The third-order valence-electron chi connectivity index (χ3n) is 4.00. The molecule has 0 aliphatic heterocycles. The SMILES string of the molecule is COc1cc(NC(=O)CSc2nnc(COc3ccc(F)cc3)n2N)c(OC)cc1Cl. The van der Waals surface area contributed by atoms with Gasteiger partial charge in [0.1, 0.15) is 29.7 Å². The standard InChI is InChI=1S/C19H19ClFN5O4S/c1-28-15-8-14(16(29-2)7-13(15)20)23-18(27)10-31-19-25-24-17(26(19)22)9-30-12-5-3-11(21)4-6-12/h3-8H,9-10,22H2,1-2H3,(H,23,27). The molecule has 1 aromatic heterocycles. The van der Waals surface area contributed by atoms with Crippen molar-refractivity contribution in [3.8, 4) is 17.2 Å². The van der Waals surface area contributed by atoms with Crippen LogP contribution in [0, 0.1) is 5.82 Å². The van der Waals surface area contributed by atoms with Crippen LogP contribution in [-0.2, 0) is 11.4 Å². The number of thioether (sulfide) groups is 1. The Bertz CT molecular complexity index is 1060. The Morgan fingerprint density at radius 2 is 1.90 bits per heavy atom. The fraction of sp³-hybridized carbons (Fsp3) is 0.211. The number of rotatable bonds is 9. The summed E-state index contributed by atoms with van der Waals surface area (Å²) in [6.07, 6.45) is 0. The lowest BCUT2D eigenvalue weighted by molar-refractivity contribution is -0.113. The number of anilines is 1. The van der Waals surface area contributed by atoms with Crippen LogP contribution in [-0.4, -0.2) is 40.8 Å². The highest BCUT2D eigenvalue weighted by Gasteiger charge is 2.16. The van der Waals surface area contributed by atoms with Crippen molar-refractivity contribution in [2.75, 3.05) is 31.1 Å². The van der Waals surface area contributed by atoms with E-state index in [0.29, 0.717) is 38.9 Å². The van der Waals surface area contributed by atoms with Crippen LogP contribution in [0.2, 0.25) is 5.02 Å². The molecule has 31 heavy (non-hydrogen) atoms. The molecule has 0 radical (unpaired) electrons. The number of amides is 1. The Hall–Kier alpha value is -3.18. The Morgan fingerprint density at radius 3 is 2.58 bits per heavy atom. The van der Waals surface area contributed by atoms with Gasteiger partial charge in [0.15, 0.2) is 5.82 Å². The lowest BCUT2D eigenvalue weighted by Gasteiger charge is -2.13. The number of benzene rings is 2. The molecule has 1 heterocycles. The molecule has 0 spiro atoms. The lowest BCUT2D eigenvalue weighted by atomic mass is 10.2. The highest BCUT2D eigenvalue weighted by molar-refractivity contribution is 7.99. The number of hydrogen-bond acceptors (Lipinski definition) is 8. The predicted molar refractivity (Wildman–Crippen MR) is 115 cm³/mol. The third kappa shape index (κ3) is 5.70. The monoisotopic (exact) mass is 467 g/mol. The van der Waals surface area contributed by atoms with E-state index < -0.39 is 0 Å². The zero-order chi connectivity index (χ0) is 22.4. The van der Waals surface area contributed by atoms with E-state index in [-0.39, 0.29) is 24.1 Å². The molecular weight excluding hydrogens is 449 g/mol. The number of nitrogen functional groups attached to an aromatic ring is 1. The van der Waals surface area contributed by atoms with Crippen molar-refractivity contribution in [2.24, 2.45) is 0 Å². The Morgan fingerprint density at radius 1 is 1.19 bits per heavy atom. The van der Waals surface area contributed by atoms with Crippen molar-refractivity contribution < 1.29 is 23.4 Å². The lowest BCUT2D eigenvalue weighted by Crippen LogP contribution is -2.18. The maximum atomic E-state index is 12.9. The number of nitrogens with zero attached hydrogens (tertiary/aromatic N) is 3. The van der Waals surface area contributed by atoms with Gasteiger partial charge >= 0.3 is 0 Å². The summed E-state index contributed by atoms with van der Waals surface area (Å²) < 4.78 is 30.1. The minimum absolute atomic E-state index is 0.0161. The first-order valence-corrected chi connectivity index (χ1v) is 10.2. The van der Waals surface area contributed by atoms with Gasteiger partial charge in [-0.15, -0.1) is 10.2 Å². The van der Waals surface area contributed by atoms with Crippen LogP contribution in [0.5, 0.6) is 17.2 Å². The highest BCUT2D eigenvalue weighted by Crippen LogP contribution is 2.36. The predicted octanol–water partition coefficient (Wildman–Crippen LogP) is 3.11. The first-order valence-electron chi connectivity index (χ1n) is 8.83. The molecule has 0 atom stereocenters. The molecule has 12 heteroatoms. The molecule has 0 saturated heterocycles. The van der Waals surface area contributed by atoms with Gasteiger partial charge in [0.05, 0.1) is 30.7 Å². The summed E-state index contributed by atoms with van der Waals surface area (Å²) in [6, 6.07) is 8.67. The second-order valence-electron chi connectivity index (χ2n) is 6.04. The Kier molecular flexibility index (Phi) is 7.42. The van der Waals surface area contributed by atoms with Crippen LogP contribution < -0.4 is 25.4 Å². The van der Waals surface area contributed by atoms with Gasteiger partial charge in [-0.25, -0.2) is 9.07 Å². The fourth-order valence-corrected chi connectivity index (χ4v) is 3.36. The molecule has 164 valence electrons. The van der Waals surface area contributed by atoms with Crippen molar-refractivity contribution in [1.82, 2.24) is 14.9 Å². The van der Waals surface area contributed by atoms with Crippen molar-refractivity contribution in [3.05, 3.63) is 53.1 Å². The topological polar surface area (TPSA) is 114 Å². The largest absolute Gasteiger partial charge is 0.495 e. The fourth-order valence-electron chi connectivity index (χ4n) is 2.46. The van der Waals surface area contributed by atoms with Crippen LogP contribution in [0.25, 0.3) is 0 Å². The molecule has 0 unspecified atom stereocenters. The van der Waals surface area contributed by atoms with Crippen LogP contribution in [0.15, 0.2) is 41.6 Å². The molecule has 0 fully saturated rings. The van der Waals surface area contributed by atoms with E-state index in [1.165, 1.54) is 43.2 Å². The zero-order valence-electron chi connectivity index (χ0n) is 16.6. The molecule has 1 amide bonds. The van der Waals surface area contributed by atoms with Crippen LogP contribution >= 0.6 is 23.4 Å². The first-order chi connectivity index (χ1) is 14.9. The molecular formula is C19H19ClFN5O4S. The Balaban J connectivity index is 1.58. The quantitative estimate of drug-likeness (QED) is 0.364. The second-order valence-corrected chi connectivity index (χ2v) is 7.38. The molecule has 3 N–H and O–H groups in total. The number of carbonyl (C=O) groups excluding carboxylic acids is 1. The van der Waals surface area contributed by atoms with Crippen LogP contribution in [0.1, 0.15) is 5.82 Å². The smallest absolute Gasteiger partial charge is 0.234 e. The van der Waals surface area contributed by atoms with Gasteiger partial charge in [-0.3, -0.25) is 4.79 Å². The van der Waals surface area contributed by atoms with E-state index in [1.54, 1.807) is 12.1 Å². The van der Waals surface area contributed by atoms with Gasteiger partial charge in [0.25, 0.3) is 0 Å².